The van der Waals surface area contributed by atoms with E-state index in [4.69, 9.17) is 9.84 Å². The molecule has 1 amide bonds. The molecule has 3 aromatic carbocycles. The van der Waals surface area contributed by atoms with Crippen molar-refractivity contribution in [2.75, 3.05) is 5.32 Å². The van der Waals surface area contributed by atoms with Crippen LogP contribution in [0.3, 0.4) is 0 Å². The number of aromatic carboxylic acids is 1. The van der Waals surface area contributed by atoms with Crippen molar-refractivity contribution in [3.8, 4) is 11.8 Å². The molecule has 0 spiro atoms. The van der Waals surface area contributed by atoms with Crippen LogP contribution in [0, 0.1) is 17.1 Å². The molecule has 7 heteroatoms. The van der Waals surface area contributed by atoms with Crippen molar-refractivity contribution in [1.82, 2.24) is 0 Å². The summed E-state index contributed by atoms with van der Waals surface area (Å²) in [6, 6.07) is 20.3. The number of hydrogen-bond acceptors (Lipinski definition) is 4. The molecule has 0 aliphatic carbocycles. The summed E-state index contributed by atoms with van der Waals surface area (Å²) in [5.74, 6) is -1.43. The predicted octanol–water partition coefficient (Wildman–Crippen LogP) is 4.65. The summed E-state index contributed by atoms with van der Waals surface area (Å²) in [4.78, 5) is 23.1. The number of anilines is 1. The summed E-state index contributed by atoms with van der Waals surface area (Å²) >= 11 is 0. The molecular formula is C24H17FN2O4. The van der Waals surface area contributed by atoms with Crippen LogP contribution in [0.25, 0.3) is 6.08 Å². The Morgan fingerprint density at radius 1 is 1.00 bits per heavy atom. The number of carbonyl (C=O) groups excluding carboxylic acids is 1. The number of nitrogens with zero attached hydrogens (tertiary/aromatic N) is 1. The van der Waals surface area contributed by atoms with Crippen molar-refractivity contribution in [3.05, 3.63) is 101 Å². The average molecular weight is 416 g/mol. The van der Waals surface area contributed by atoms with E-state index in [1.54, 1.807) is 36.4 Å². The van der Waals surface area contributed by atoms with E-state index >= 15 is 0 Å². The number of carboxylic acids is 1. The molecule has 6 nitrogen and oxygen atoms in total. The Bertz CT molecular complexity index is 1150. The van der Waals surface area contributed by atoms with Crippen LogP contribution in [0.5, 0.6) is 5.75 Å². The maximum Gasteiger partial charge on any atom is 0.335 e. The molecule has 0 bridgehead atoms. The molecule has 0 saturated heterocycles. The topological polar surface area (TPSA) is 99.4 Å². The number of amides is 1. The molecule has 0 radical (unpaired) electrons. The molecule has 2 N–H and O–H groups in total. The Hall–Kier alpha value is -4.44. The summed E-state index contributed by atoms with van der Waals surface area (Å²) in [6.45, 7) is 0.263. The lowest BCUT2D eigenvalue weighted by Gasteiger charge is -2.07. The van der Waals surface area contributed by atoms with Gasteiger partial charge in [0.2, 0.25) is 0 Å². The van der Waals surface area contributed by atoms with Gasteiger partial charge in [0, 0.05) is 5.69 Å². The van der Waals surface area contributed by atoms with Crippen LogP contribution < -0.4 is 10.1 Å². The second-order valence-corrected chi connectivity index (χ2v) is 6.49. The number of halogens is 1. The number of carbonyl (C=O) groups is 2. The molecular weight excluding hydrogens is 399 g/mol. The molecule has 0 aromatic heterocycles. The largest absolute Gasteiger partial charge is 0.489 e. The van der Waals surface area contributed by atoms with Gasteiger partial charge in [-0.25, -0.2) is 9.18 Å². The smallest absolute Gasteiger partial charge is 0.335 e. The summed E-state index contributed by atoms with van der Waals surface area (Å²) < 4.78 is 18.6. The van der Waals surface area contributed by atoms with Crippen LogP contribution in [-0.4, -0.2) is 17.0 Å². The Morgan fingerprint density at radius 2 is 1.65 bits per heavy atom. The molecule has 3 aromatic rings. The number of benzene rings is 3. The zero-order chi connectivity index (χ0) is 22.2. The van der Waals surface area contributed by atoms with Gasteiger partial charge in [-0.05, 0) is 65.7 Å². The van der Waals surface area contributed by atoms with E-state index < -0.39 is 17.7 Å². The lowest BCUT2D eigenvalue weighted by molar-refractivity contribution is -0.112. The van der Waals surface area contributed by atoms with Gasteiger partial charge in [-0.2, -0.15) is 5.26 Å². The van der Waals surface area contributed by atoms with Crippen LogP contribution >= 0.6 is 0 Å². The molecule has 0 heterocycles. The molecule has 0 aliphatic heterocycles. The van der Waals surface area contributed by atoms with Gasteiger partial charge in [-0.1, -0.05) is 24.3 Å². The minimum absolute atomic E-state index is 0.100. The first-order valence-corrected chi connectivity index (χ1v) is 9.18. The summed E-state index contributed by atoms with van der Waals surface area (Å²) in [5.41, 5.74) is 1.93. The van der Waals surface area contributed by atoms with Crippen LogP contribution in [-0.2, 0) is 11.4 Å². The predicted molar refractivity (Wildman–Crippen MR) is 113 cm³/mol. The first-order valence-electron chi connectivity index (χ1n) is 9.18. The van der Waals surface area contributed by atoms with E-state index in [1.165, 1.54) is 42.5 Å². The molecule has 0 fully saturated rings. The highest BCUT2D eigenvalue weighted by molar-refractivity contribution is 6.09. The first kappa shape index (κ1) is 21.3. The van der Waals surface area contributed by atoms with E-state index in [2.05, 4.69) is 5.32 Å². The third-order valence-electron chi connectivity index (χ3n) is 4.26. The Kier molecular flexibility index (Phi) is 6.76. The van der Waals surface area contributed by atoms with Crippen molar-refractivity contribution in [3.63, 3.8) is 0 Å². The van der Waals surface area contributed by atoms with Crippen LogP contribution in [0.2, 0.25) is 0 Å². The van der Waals surface area contributed by atoms with Crippen molar-refractivity contribution >= 4 is 23.6 Å². The Balaban J connectivity index is 1.61. The normalized spacial score (nSPS) is 10.8. The molecule has 0 saturated carbocycles. The number of nitrogens with one attached hydrogen (secondary N) is 1. The average Bonchev–Trinajstić information content (AvgIpc) is 2.78. The fourth-order valence-electron chi connectivity index (χ4n) is 2.62. The minimum Gasteiger partial charge on any atom is -0.489 e. The molecule has 0 atom stereocenters. The van der Waals surface area contributed by atoms with Crippen molar-refractivity contribution < 1.29 is 23.8 Å². The molecule has 0 aliphatic rings. The van der Waals surface area contributed by atoms with Crippen LogP contribution in [0.4, 0.5) is 10.1 Å². The van der Waals surface area contributed by atoms with Crippen LogP contribution in [0.15, 0.2) is 78.4 Å². The lowest BCUT2D eigenvalue weighted by Crippen LogP contribution is -2.13. The van der Waals surface area contributed by atoms with E-state index in [0.29, 0.717) is 17.0 Å². The zero-order valence-electron chi connectivity index (χ0n) is 16.2. The van der Waals surface area contributed by atoms with Gasteiger partial charge >= 0.3 is 5.97 Å². The second kappa shape index (κ2) is 9.85. The monoisotopic (exact) mass is 416 g/mol. The zero-order valence-corrected chi connectivity index (χ0v) is 16.2. The summed E-state index contributed by atoms with van der Waals surface area (Å²) in [5, 5.41) is 20.8. The SMILES string of the molecule is N#C/C(=C\c1ccc(OCc2ccc(C(=O)O)cc2)cc1)C(=O)Nc1ccc(F)cc1. The highest BCUT2D eigenvalue weighted by Crippen LogP contribution is 2.17. The van der Waals surface area contributed by atoms with Gasteiger partial charge in [-0.3, -0.25) is 4.79 Å². The van der Waals surface area contributed by atoms with Gasteiger partial charge in [0.05, 0.1) is 5.56 Å². The third kappa shape index (κ3) is 6.02. The quantitative estimate of drug-likeness (QED) is 0.431. The number of nitriles is 1. The first-order chi connectivity index (χ1) is 14.9. The number of ether oxygens (including phenoxy) is 1. The molecule has 0 unspecified atom stereocenters. The van der Waals surface area contributed by atoms with Gasteiger partial charge in [0.25, 0.3) is 5.91 Å². The maximum atomic E-state index is 13.0. The van der Waals surface area contributed by atoms with Crippen LogP contribution in [0.1, 0.15) is 21.5 Å². The van der Waals surface area contributed by atoms with E-state index in [-0.39, 0.29) is 17.7 Å². The fraction of sp³-hybridized carbons (Fsp3) is 0.0417. The molecule has 154 valence electrons. The number of carboxylic acid groups (broad SMARTS) is 1. The highest BCUT2D eigenvalue weighted by Gasteiger charge is 2.10. The Labute approximate surface area is 177 Å². The van der Waals surface area contributed by atoms with Crippen molar-refractivity contribution in [2.45, 2.75) is 6.61 Å². The Morgan fingerprint density at radius 3 is 2.23 bits per heavy atom. The lowest BCUT2D eigenvalue weighted by atomic mass is 10.1. The molecule has 3 rings (SSSR count). The number of hydrogen-bond donors (Lipinski definition) is 2. The fourth-order valence-corrected chi connectivity index (χ4v) is 2.62. The summed E-state index contributed by atoms with van der Waals surface area (Å²) in [7, 11) is 0. The van der Waals surface area contributed by atoms with Gasteiger partial charge < -0.3 is 15.2 Å². The van der Waals surface area contributed by atoms with Gasteiger partial charge in [0.15, 0.2) is 0 Å². The second-order valence-electron chi connectivity index (χ2n) is 6.49. The highest BCUT2D eigenvalue weighted by atomic mass is 19.1. The van der Waals surface area contributed by atoms with E-state index in [9.17, 15) is 19.2 Å². The number of rotatable bonds is 7. The van der Waals surface area contributed by atoms with Gasteiger partial charge in [0.1, 0.15) is 29.8 Å². The third-order valence-corrected chi connectivity index (χ3v) is 4.26. The van der Waals surface area contributed by atoms with E-state index in [1.807, 2.05) is 6.07 Å². The summed E-state index contributed by atoms with van der Waals surface area (Å²) in [6.07, 6.45) is 1.44. The van der Waals surface area contributed by atoms with Crippen molar-refractivity contribution in [2.24, 2.45) is 0 Å². The van der Waals surface area contributed by atoms with E-state index in [0.717, 1.165) is 5.56 Å². The maximum absolute atomic E-state index is 13.0. The van der Waals surface area contributed by atoms with Crippen molar-refractivity contribution in [1.29, 1.82) is 5.26 Å². The standard InChI is InChI=1S/C24H17FN2O4/c25-20-7-9-21(10-8-20)27-23(28)19(14-26)13-16-3-11-22(12-4-16)31-15-17-1-5-18(6-2-17)24(29)30/h1-13H,15H2,(H,27,28)(H,29,30)/b19-13+. The minimum atomic E-state index is -0.987. The van der Waals surface area contributed by atoms with Gasteiger partial charge in [-0.15, -0.1) is 0 Å². The molecule has 31 heavy (non-hydrogen) atoms.